The number of piperidine rings is 2. The van der Waals surface area contributed by atoms with Crippen LogP contribution in [0, 0.1) is 0 Å². The molecule has 0 unspecified atom stereocenters. The molecule has 0 atom stereocenters. The van der Waals surface area contributed by atoms with Crippen molar-refractivity contribution in [3.05, 3.63) is 172 Å². The zero-order valence-electron chi connectivity index (χ0n) is 43.9. The summed E-state index contributed by atoms with van der Waals surface area (Å²) < 4.78 is 48.2. The number of nitrogens with one attached hydrogen (secondary N) is 4. The normalized spacial score (nSPS) is 14.9. The standard InChI is InChI=1S/C61H66ClF3N10O3/c1-42(76)68-51-12-5-10-48(38-51)46-23-31-73(32-24-46)30-8-28-67-60-71-55-22-19-44(36-57(55)75(60)41-45-9-4-14-53(35-45)78-61(63,64)65)37-58(77)69-52-13-6-11-49(39-52)47-25-33-72(34-26-47)29-7-27-66-59-70-54-15-2-3-16-56(54)74(59)40-43-17-20-50(62)21-18-43/h2-6,9-22,35-36,38-39,46-47H,7-8,23-34,37,40-41H2,1H3,(H,66,70)(H,67,71)(H,68,76)(H,69,77). The van der Waals surface area contributed by atoms with Gasteiger partial charge in [0, 0.05) is 36.4 Å². The maximum atomic E-state index is 13.7. The van der Waals surface area contributed by atoms with E-state index in [1.54, 1.807) is 12.1 Å². The second-order valence-electron chi connectivity index (χ2n) is 20.6. The molecule has 2 aromatic heterocycles. The highest BCUT2D eigenvalue weighted by atomic mass is 35.5. The predicted octanol–water partition coefficient (Wildman–Crippen LogP) is 12.5. The summed E-state index contributed by atoms with van der Waals surface area (Å²) in [6.07, 6.45) is 1.26. The molecule has 4 heterocycles. The average molecular weight is 1080 g/mol. The van der Waals surface area contributed by atoms with E-state index in [0.29, 0.717) is 42.0 Å². The molecule has 8 aromatic rings. The van der Waals surface area contributed by atoms with Gasteiger partial charge in [-0.25, -0.2) is 9.97 Å². The Morgan fingerprint density at radius 2 is 1.15 bits per heavy atom. The molecule has 2 saturated heterocycles. The second kappa shape index (κ2) is 24.9. The Labute approximate surface area is 458 Å². The molecule has 2 amide bonds. The number of alkyl halides is 3. The third kappa shape index (κ3) is 14.4. The number of hydrogen-bond acceptors (Lipinski definition) is 9. The first-order valence-corrected chi connectivity index (χ1v) is 27.5. The fourth-order valence-corrected chi connectivity index (χ4v) is 11.2. The van der Waals surface area contributed by atoms with Crippen LogP contribution < -0.4 is 26.0 Å². The number of likely N-dealkylation sites (tertiary alicyclic amines) is 2. The summed E-state index contributed by atoms with van der Waals surface area (Å²) in [6.45, 7) is 9.68. The first kappa shape index (κ1) is 54.0. The molecule has 0 radical (unpaired) electrons. The van der Waals surface area contributed by atoms with Gasteiger partial charge in [0.2, 0.25) is 23.7 Å². The second-order valence-corrected chi connectivity index (χ2v) is 21.1. The van der Waals surface area contributed by atoms with Gasteiger partial charge in [0.25, 0.3) is 0 Å². The lowest BCUT2D eigenvalue weighted by atomic mass is 9.89. The number of carbonyl (C=O) groups is 2. The van der Waals surface area contributed by atoms with Crippen LogP contribution in [0.1, 0.15) is 85.1 Å². The molecule has 13 nitrogen and oxygen atoms in total. The van der Waals surface area contributed by atoms with Crippen molar-refractivity contribution in [2.75, 3.05) is 73.6 Å². The van der Waals surface area contributed by atoms with E-state index in [1.165, 1.54) is 30.2 Å². The Morgan fingerprint density at radius 3 is 1.77 bits per heavy atom. The van der Waals surface area contributed by atoms with Crippen LogP contribution in [0.25, 0.3) is 22.1 Å². The van der Waals surface area contributed by atoms with Gasteiger partial charge >= 0.3 is 6.36 Å². The molecule has 0 aliphatic carbocycles. The van der Waals surface area contributed by atoms with E-state index in [4.69, 9.17) is 21.6 Å². The number of imidazole rings is 2. The summed E-state index contributed by atoms with van der Waals surface area (Å²) in [7, 11) is 0. The van der Waals surface area contributed by atoms with Crippen molar-refractivity contribution in [1.29, 1.82) is 0 Å². The van der Waals surface area contributed by atoms with Gasteiger partial charge in [-0.05, 0) is 190 Å². The molecule has 4 N–H and O–H groups in total. The largest absolute Gasteiger partial charge is 0.573 e. The molecule has 17 heteroatoms. The molecule has 6 aromatic carbocycles. The van der Waals surface area contributed by atoms with E-state index in [9.17, 15) is 22.8 Å². The van der Waals surface area contributed by atoms with Crippen molar-refractivity contribution in [1.82, 2.24) is 28.9 Å². The number of nitrogens with zero attached hydrogens (tertiary/aromatic N) is 6. The summed E-state index contributed by atoms with van der Waals surface area (Å²) >= 11 is 6.16. The number of ether oxygens (including phenoxy) is 1. The minimum absolute atomic E-state index is 0.0828. The molecule has 406 valence electrons. The molecule has 78 heavy (non-hydrogen) atoms. The number of fused-ring (bicyclic) bond motifs is 2. The van der Waals surface area contributed by atoms with Crippen LogP contribution >= 0.6 is 11.6 Å². The van der Waals surface area contributed by atoms with Crippen LogP contribution in [-0.4, -0.2) is 99.4 Å². The number of amides is 2. The highest BCUT2D eigenvalue weighted by Gasteiger charge is 2.31. The lowest BCUT2D eigenvalue weighted by molar-refractivity contribution is -0.274. The number of halogens is 4. The van der Waals surface area contributed by atoms with Crippen molar-refractivity contribution < 1.29 is 27.5 Å². The molecule has 0 spiro atoms. The maximum absolute atomic E-state index is 13.7. The number of rotatable bonds is 21. The van der Waals surface area contributed by atoms with Gasteiger partial charge in [-0.1, -0.05) is 78.3 Å². The molecular weight excluding hydrogens is 1010 g/mol. The molecule has 0 saturated carbocycles. The van der Waals surface area contributed by atoms with Crippen molar-refractivity contribution in [2.24, 2.45) is 0 Å². The van der Waals surface area contributed by atoms with Crippen LogP contribution in [-0.2, 0) is 29.1 Å². The smallest absolute Gasteiger partial charge is 0.406 e. The topological polar surface area (TPSA) is 134 Å². The maximum Gasteiger partial charge on any atom is 0.573 e. The van der Waals surface area contributed by atoms with Crippen LogP contribution in [0.5, 0.6) is 5.75 Å². The van der Waals surface area contributed by atoms with Crippen LogP contribution in [0.4, 0.5) is 36.4 Å². The number of para-hydroxylation sites is 2. The SMILES string of the molecule is CC(=O)Nc1cccc(C2CCN(CCCNc3nc4ccc(CC(=O)Nc5cccc(C6CCN(CCCNc7nc8ccccc8n7Cc7ccc(Cl)cc7)CC6)c5)cc4n3Cc3cccc(OC(F)(F)F)c3)CC2)c1. The highest BCUT2D eigenvalue weighted by molar-refractivity contribution is 6.30. The zero-order chi connectivity index (χ0) is 54.0. The summed E-state index contributed by atoms with van der Waals surface area (Å²) in [4.78, 5) is 40.2. The molecule has 0 bridgehead atoms. The van der Waals surface area contributed by atoms with Crippen molar-refractivity contribution in [3.8, 4) is 5.75 Å². The first-order valence-electron chi connectivity index (χ1n) is 27.1. The number of carbonyl (C=O) groups excluding carboxylic acids is 2. The highest BCUT2D eigenvalue weighted by Crippen LogP contribution is 2.33. The Kier molecular flexibility index (Phi) is 17.3. The number of benzene rings is 6. The minimum Gasteiger partial charge on any atom is -0.406 e. The van der Waals surface area contributed by atoms with Gasteiger partial charge in [-0.3, -0.25) is 9.59 Å². The summed E-state index contributed by atoms with van der Waals surface area (Å²) in [5, 5.41) is 13.9. The fraction of sp³-hybridized carbons (Fsp3) is 0.344. The number of anilines is 4. The Bertz CT molecular complexity index is 3330. The van der Waals surface area contributed by atoms with Gasteiger partial charge in [-0.15, -0.1) is 13.2 Å². The Morgan fingerprint density at radius 1 is 0.603 bits per heavy atom. The van der Waals surface area contributed by atoms with Gasteiger partial charge in [0.05, 0.1) is 41.6 Å². The molecule has 2 aliphatic rings. The predicted molar refractivity (Wildman–Crippen MR) is 305 cm³/mol. The van der Waals surface area contributed by atoms with Gasteiger partial charge in [-0.2, -0.15) is 0 Å². The zero-order valence-corrected chi connectivity index (χ0v) is 44.6. The monoisotopic (exact) mass is 1080 g/mol. The van der Waals surface area contributed by atoms with Gasteiger partial charge in [0.1, 0.15) is 5.75 Å². The van der Waals surface area contributed by atoms with Crippen molar-refractivity contribution in [3.63, 3.8) is 0 Å². The molecule has 2 fully saturated rings. The van der Waals surface area contributed by atoms with E-state index in [2.05, 4.69) is 82.8 Å². The lowest BCUT2D eigenvalue weighted by Gasteiger charge is -2.32. The Balaban J connectivity index is 0.723. The molecular formula is C61H66ClF3N10O3. The summed E-state index contributed by atoms with van der Waals surface area (Å²) in [6, 6.07) is 44.2. The van der Waals surface area contributed by atoms with Crippen LogP contribution in [0.15, 0.2) is 140 Å². The van der Waals surface area contributed by atoms with Crippen LogP contribution in [0.3, 0.4) is 0 Å². The van der Waals surface area contributed by atoms with Crippen LogP contribution in [0.2, 0.25) is 5.02 Å². The third-order valence-corrected chi connectivity index (χ3v) is 15.2. The Hall–Kier alpha value is -7.40. The third-order valence-electron chi connectivity index (χ3n) is 14.9. The first-order chi connectivity index (χ1) is 37.8. The number of aromatic nitrogens is 4. The average Bonchev–Trinajstić information content (AvgIpc) is 4.04. The van der Waals surface area contributed by atoms with E-state index in [-0.39, 0.29) is 30.5 Å². The summed E-state index contributed by atoms with van der Waals surface area (Å²) in [5.41, 5.74) is 10.1. The minimum atomic E-state index is -4.82. The van der Waals surface area contributed by atoms with Crippen molar-refractivity contribution >= 4 is 68.8 Å². The van der Waals surface area contributed by atoms with Gasteiger partial charge < -0.3 is 44.9 Å². The number of hydrogen-bond donors (Lipinski definition) is 4. The molecule has 2 aliphatic heterocycles. The van der Waals surface area contributed by atoms with Gasteiger partial charge in [0.15, 0.2) is 0 Å². The van der Waals surface area contributed by atoms with E-state index >= 15 is 0 Å². The van der Waals surface area contributed by atoms with E-state index in [1.807, 2.05) is 77.4 Å². The quantitative estimate of drug-likeness (QED) is 0.0519. The van der Waals surface area contributed by atoms with Crippen molar-refractivity contribution in [2.45, 2.75) is 83.2 Å². The van der Waals surface area contributed by atoms with E-state index in [0.717, 1.165) is 134 Å². The summed E-state index contributed by atoms with van der Waals surface area (Å²) in [5.74, 6) is 1.74. The van der Waals surface area contributed by atoms with E-state index < -0.39 is 6.36 Å². The fourth-order valence-electron chi connectivity index (χ4n) is 11.1. The molecule has 10 rings (SSSR count). The lowest BCUT2D eigenvalue weighted by Crippen LogP contribution is -2.34.